The fourth-order valence-electron chi connectivity index (χ4n) is 3.70. The highest BCUT2D eigenvalue weighted by atomic mass is 16.2. The Hall–Kier alpha value is -1.88. The number of hydrogen-bond acceptors (Lipinski definition) is 3. The minimum Gasteiger partial charge on any atom is -0.336 e. The topological polar surface area (TPSA) is 52.7 Å². The van der Waals surface area contributed by atoms with Gasteiger partial charge in [-0.05, 0) is 78.1 Å². The van der Waals surface area contributed by atoms with Crippen LogP contribution in [0.4, 0.5) is 5.69 Å². The van der Waals surface area contributed by atoms with Crippen molar-refractivity contribution in [2.24, 2.45) is 0 Å². The van der Waals surface area contributed by atoms with Gasteiger partial charge in [-0.2, -0.15) is 0 Å². The van der Waals surface area contributed by atoms with E-state index in [0.29, 0.717) is 0 Å². The molecule has 0 unspecified atom stereocenters. The molecule has 1 saturated heterocycles. The predicted octanol–water partition coefficient (Wildman–Crippen LogP) is 3.35. The van der Waals surface area contributed by atoms with Gasteiger partial charge in [0.05, 0.1) is 12.6 Å². The van der Waals surface area contributed by atoms with Gasteiger partial charge in [0.15, 0.2) is 0 Å². The van der Waals surface area contributed by atoms with Crippen LogP contribution in [0.5, 0.6) is 0 Å². The fraction of sp³-hybridized carbons (Fsp3) is 0.619. The van der Waals surface area contributed by atoms with Crippen LogP contribution in [0.15, 0.2) is 18.2 Å². The summed E-state index contributed by atoms with van der Waals surface area (Å²) in [6.45, 7) is 10.3. The molecule has 2 amide bonds. The van der Waals surface area contributed by atoms with Crippen LogP contribution < -0.4 is 5.32 Å². The number of likely N-dealkylation sites (tertiary alicyclic amines) is 1. The van der Waals surface area contributed by atoms with E-state index >= 15 is 0 Å². The lowest BCUT2D eigenvalue weighted by Gasteiger charge is -2.41. The summed E-state index contributed by atoms with van der Waals surface area (Å²) in [4.78, 5) is 29.2. The minimum atomic E-state index is -0.317. The molecule has 1 heterocycles. The summed E-state index contributed by atoms with van der Waals surface area (Å²) in [5.74, 6) is 0.0207. The smallest absolute Gasteiger partial charge is 0.240 e. The molecule has 0 spiro atoms. The van der Waals surface area contributed by atoms with E-state index in [1.54, 1.807) is 0 Å². The van der Waals surface area contributed by atoms with Crippen molar-refractivity contribution in [3.63, 3.8) is 0 Å². The molecule has 0 radical (unpaired) electrons. The van der Waals surface area contributed by atoms with Gasteiger partial charge in [0.25, 0.3) is 0 Å². The number of hydrogen-bond donors (Lipinski definition) is 1. The van der Waals surface area contributed by atoms with Crippen molar-refractivity contribution in [3.05, 3.63) is 29.3 Å². The van der Waals surface area contributed by atoms with E-state index < -0.39 is 0 Å². The number of carbonyl (C=O) groups is 2. The van der Waals surface area contributed by atoms with Crippen LogP contribution in [-0.2, 0) is 9.59 Å². The molecular formula is C21H33N3O2. The normalized spacial score (nSPS) is 21.6. The number of rotatable bonds is 5. The summed E-state index contributed by atoms with van der Waals surface area (Å²) in [5.41, 5.74) is 3.05. The first kappa shape index (κ1) is 20.4. The molecule has 26 heavy (non-hydrogen) atoms. The molecule has 5 heteroatoms. The number of aryl methyl sites for hydroxylation is 1. The van der Waals surface area contributed by atoms with Gasteiger partial charge in [-0.25, -0.2) is 0 Å². The van der Waals surface area contributed by atoms with E-state index in [1.165, 1.54) is 6.42 Å². The van der Waals surface area contributed by atoms with Crippen LogP contribution in [0.2, 0.25) is 0 Å². The van der Waals surface area contributed by atoms with E-state index in [4.69, 9.17) is 0 Å². The summed E-state index contributed by atoms with van der Waals surface area (Å²) in [7, 11) is 1.84. The fourth-order valence-corrected chi connectivity index (χ4v) is 3.70. The molecule has 0 bridgehead atoms. The molecule has 3 atom stereocenters. The molecule has 1 aliphatic rings. The second-order valence-corrected chi connectivity index (χ2v) is 7.76. The van der Waals surface area contributed by atoms with Gasteiger partial charge < -0.3 is 10.2 Å². The number of nitrogens with one attached hydrogen (secondary N) is 1. The first-order chi connectivity index (χ1) is 12.2. The van der Waals surface area contributed by atoms with Gasteiger partial charge in [0, 0.05) is 17.8 Å². The molecule has 5 nitrogen and oxygen atoms in total. The zero-order valence-electron chi connectivity index (χ0n) is 17.0. The van der Waals surface area contributed by atoms with Gasteiger partial charge in [0.2, 0.25) is 11.8 Å². The Kier molecular flexibility index (Phi) is 6.81. The molecule has 1 aromatic rings. The van der Waals surface area contributed by atoms with Gasteiger partial charge >= 0.3 is 0 Å². The van der Waals surface area contributed by atoms with Crippen LogP contribution in [0.1, 0.15) is 51.2 Å². The molecule has 1 fully saturated rings. The van der Waals surface area contributed by atoms with Crippen molar-refractivity contribution in [1.82, 2.24) is 9.80 Å². The van der Waals surface area contributed by atoms with Gasteiger partial charge in [-0.3, -0.25) is 14.5 Å². The lowest BCUT2D eigenvalue weighted by Crippen LogP contribution is -2.54. The summed E-state index contributed by atoms with van der Waals surface area (Å²) in [6, 6.07) is 6.09. The number of anilines is 1. The second-order valence-electron chi connectivity index (χ2n) is 7.76. The maximum atomic E-state index is 13.0. The van der Waals surface area contributed by atoms with E-state index in [1.807, 2.05) is 55.8 Å². The maximum Gasteiger partial charge on any atom is 0.240 e. The average Bonchev–Trinajstić information content (AvgIpc) is 2.57. The van der Waals surface area contributed by atoms with Crippen molar-refractivity contribution >= 4 is 17.5 Å². The second kappa shape index (κ2) is 8.67. The van der Waals surface area contributed by atoms with E-state index in [2.05, 4.69) is 19.2 Å². The lowest BCUT2D eigenvalue weighted by molar-refractivity contribution is -0.142. The monoisotopic (exact) mass is 359 g/mol. The van der Waals surface area contributed by atoms with Crippen LogP contribution in [0.25, 0.3) is 0 Å². The van der Waals surface area contributed by atoms with Crippen molar-refractivity contribution in [1.29, 1.82) is 0 Å². The lowest BCUT2D eigenvalue weighted by atomic mass is 9.96. The van der Waals surface area contributed by atoms with Gasteiger partial charge in [-0.15, -0.1) is 0 Å². The SMILES string of the molecule is Cc1cccc(NC(=O)CN(C)[C@H](C)C(=O)N2[C@H](C)CCC[C@@H]2C)c1C. The average molecular weight is 360 g/mol. The van der Waals surface area contributed by atoms with Crippen molar-refractivity contribution in [2.45, 2.75) is 72.0 Å². The highest BCUT2D eigenvalue weighted by Gasteiger charge is 2.33. The first-order valence-electron chi connectivity index (χ1n) is 9.60. The number of amides is 2. The number of benzene rings is 1. The van der Waals surface area contributed by atoms with Crippen molar-refractivity contribution in [3.8, 4) is 0 Å². The predicted molar refractivity (Wildman–Crippen MR) is 106 cm³/mol. The van der Waals surface area contributed by atoms with Crippen LogP contribution in [-0.4, -0.2) is 53.3 Å². The molecule has 144 valence electrons. The number of carbonyl (C=O) groups excluding carboxylic acids is 2. The standard InChI is InChI=1S/C21H33N3O2/c1-14-9-7-12-19(17(14)4)22-20(25)13-23(6)18(5)21(26)24-15(2)10-8-11-16(24)3/h7,9,12,15-16,18H,8,10-11,13H2,1-6H3,(H,22,25)/t15-,16+,18-/m1/s1. The summed E-state index contributed by atoms with van der Waals surface area (Å²) in [5, 5.41) is 2.97. The van der Waals surface area contributed by atoms with E-state index in [0.717, 1.165) is 29.7 Å². The molecular weight excluding hydrogens is 326 g/mol. The Labute approximate surface area is 157 Å². The Morgan fingerprint density at radius 1 is 1.23 bits per heavy atom. The molecule has 0 saturated carbocycles. The van der Waals surface area contributed by atoms with Gasteiger partial charge in [-0.1, -0.05) is 12.1 Å². The highest BCUT2D eigenvalue weighted by Crippen LogP contribution is 2.24. The minimum absolute atomic E-state index is 0.0967. The van der Waals surface area contributed by atoms with Gasteiger partial charge in [0.1, 0.15) is 0 Å². The molecule has 1 aliphatic heterocycles. The number of piperidine rings is 1. The Morgan fingerprint density at radius 3 is 2.46 bits per heavy atom. The molecule has 1 N–H and O–H groups in total. The van der Waals surface area contributed by atoms with E-state index in [-0.39, 0.29) is 36.5 Å². The Bertz CT molecular complexity index is 649. The Balaban J connectivity index is 1.97. The van der Waals surface area contributed by atoms with Crippen molar-refractivity contribution in [2.75, 3.05) is 18.9 Å². The van der Waals surface area contributed by atoms with Crippen LogP contribution in [0.3, 0.4) is 0 Å². The highest BCUT2D eigenvalue weighted by molar-refractivity contribution is 5.93. The molecule has 0 aromatic heterocycles. The zero-order valence-corrected chi connectivity index (χ0v) is 17.0. The molecule has 0 aliphatic carbocycles. The quantitative estimate of drug-likeness (QED) is 0.877. The third-order valence-electron chi connectivity index (χ3n) is 5.74. The first-order valence-corrected chi connectivity index (χ1v) is 9.60. The van der Waals surface area contributed by atoms with Crippen LogP contribution in [0, 0.1) is 13.8 Å². The van der Waals surface area contributed by atoms with E-state index in [9.17, 15) is 9.59 Å². The molecule has 2 rings (SSSR count). The largest absolute Gasteiger partial charge is 0.336 e. The summed E-state index contributed by atoms with van der Waals surface area (Å²) < 4.78 is 0. The third-order valence-corrected chi connectivity index (χ3v) is 5.74. The number of nitrogens with zero attached hydrogens (tertiary/aromatic N) is 2. The number of likely N-dealkylation sites (N-methyl/N-ethyl adjacent to an activating group) is 1. The Morgan fingerprint density at radius 2 is 1.85 bits per heavy atom. The van der Waals surface area contributed by atoms with Crippen LogP contribution >= 0.6 is 0 Å². The zero-order chi connectivity index (χ0) is 19.4. The molecule has 1 aromatic carbocycles. The summed E-state index contributed by atoms with van der Waals surface area (Å²) >= 11 is 0. The van der Waals surface area contributed by atoms with Crippen molar-refractivity contribution < 1.29 is 9.59 Å². The summed E-state index contributed by atoms with van der Waals surface area (Å²) in [6.07, 6.45) is 3.29. The maximum absolute atomic E-state index is 13.0. The third kappa shape index (κ3) is 4.64.